The van der Waals surface area contributed by atoms with Crippen LogP contribution >= 0.6 is 0 Å². The van der Waals surface area contributed by atoms with Gasteiger partial charge < -0.3 is 5.32 Å². The second-order valence-electron chi connectivity index (χ2n) is 6.84. The van der Waals surface area contributed by atoms with Crippen LogP contribution in [0.1, 0.15) is 11.1 Å². The molecular weight excluding hydrogens is 403 g/mol. The fraction of sp³-hybridized carbons (Fsp3) is 0.174. The number of halogens is 1. The van der Waals surface area contributed by atoms with E-state index in [9.17, 15) is 17.6 Å². The van der Waals surface area contributed by atoms with Crippen molar-refractivity contribution in [2.75, 3.05) is 6.54 Å². The number of rotatable bonds is 9. The van der Waals surface area contributed by atoms with Crippen LogP contribution < -0.4 is 10.0 Å². The Bertz CT molecular complexity index is 1060. The number of hydrogen-bond donors (Lipinski definition) is 2. The van der Waals surface area contributed by atoms with E-state index in [-0.39, 0.29) is 11.3 Å². The average molecular weight is 427 g/mol. The minimum Gasteiger partial charge on any atom is -0.354 e. The maximum absolute atomic E-state index is 13.2. The molecule has 0 unspecified atom stereocenters. The Morgan fingerprint density at radius 2 is 1.40 bits per heavy atom. The van der Waals surface area contributed by atoms with Crippen LogP contribution in [0.5, 0.6) is 0 Å². The summed E-state index contributed by atoms with van der Waals surface area (Å²) in [6.45, 7) is 0.381. The summed E-state index contributed by atoms with van der Waals surface area (Å²) >= 11 is 0. The topological polar surface area (TPSA) is 75.3 Å². The normalized spacial score (nSPS) is 12.3. The van der Waals surface area contributed by atoms with Crippen LogP contribution in [-0.4, -0.2) is 26.9 Å². The molecule has 0 aliphatic rings. The average Bonchev–Trinajstić information content (AvgIpc) is 2.75. The van der Waals surface area contributed by atoms with Gasteiger partial charge in [-0.1, -0.05) is 60.7 Å². The Morgan fingerprint density at radius 3 is 2.00 bits per heavy atom. The molecule has 0 aliphatic heterocycles. The highest BCUT2D eigenvalue weighted by Crippen LogP contribution is 2.12. The van der Waals surface area contributed by atoms with Crippen molar-refractivity contribution in [3.05, 3.63) is 102 Å². The van der Waals surface area contributed by atoms with Gasteiger partial charge in [-0.15, -0.1) is 0 Å². The van der Waals surface area contributed by atoms with E-state index < -0.39 is 27.8 Å². The molecule has 0 bridgehead atoms. The van der Waals surface area contributed by atoms with Crippen LogP contribution in [-0.2, 0) is 27.7 Å². The number of carbonyl (C=O) groups is 1. The largest absolute Gasteiger partial charge is 0.354 e. The van der Waals surface area contributed by atoms with E-state index in [0.717, 1.165) is 23.3 Å². The molecule has 3 rings (SSSR count). The second kappa shape index (κ2) is 10.1. The summed E-state index contributed by atoms with van der Waals surface area (Å²) in [6.07, 6.45) is 0.827. The van der Waals surface area contributed by atoms with E-state index in [4.69, 9.17) is 0 Å². The minimum absolute atomic E-state index is 0.0981. The zero-order valence-corrected chi connectivity index (χ0v) is 17.1. The SMILES string of the molecule is O=C(NCCc1ccccc1)[C@@H](Cc1ccccc1)NS(=O)(=O)c1ccc(F)cc1. The molecule has 7 heteroatoms. The van der Waals surface area contributed by atoms with Gasteiger partial charge in [0.15, 0.2) is 0 Å². The molecule has 5 nitrogen and oxygen atoms in total. The van der Waals surface area contributed by atoms with Gasteiger partial charge in [-0.25, -0.2) is 12.8 Å². The van der Waals surface area contributed by atoms with E-state index in [2.05, 4.69) is 10.0 Å². The first-order valence-electron chi connectivity index (χ1n) is 9.57. The second-order valence-corrected chi connectivity index (χ2v) is 8.56. The van der Waals surface area contributed by atoms with Crippen LogP contribution in [0.15, 0.2) is 89.8 Å². The Morgan fingerprint density at radius 1 is 0.833 bits per heavy atom. The maximum atomic E-state index is 13.2. The van der Waals surface area contributed by atoms with Crippen molar-refractivity contribution in [1.29, 1.82) is 0 Å². The van der Waals surface area contributed by atoms with Crippen LogP contribution in [0.3, 0.4) is 0 Å². The summed E-state index contributed by atoms with van der Waals surface area (Å²) < 4.78 is 41.1. The Labute approximate surface area is 176 Å². The molecule has 1 amide bonds. The molecule has 1 atom stereocenters. The van der Waals surface area contributed by atoms with Crippen molar-refractivity contribution in [1.82, 2.24) is 10.0 Å². The Hall–Kier alpha value is -3.03. The minimum atomic E-state index is -4.00. The number of sulfonamides is 1. The van der Waals surface area contributed by atoms with Crippen LogP contribution in [0, 0.1) is 5.82 Å². The quantitative estimate of drug-likeness (QED) is 0.552. The van der Waals surface area contributed by atoms with Crippen LogP contribution in [0.25, 0.3) is 0 Å². The number of hydrogen-bond acceptors (Lipinski definition) is 3. The lowest BCUT2D eigenvalue weighted by Crippen LogP contribution is -2.48. The smallest absolute Gasteiger partial charge is 0.241 e. The third kappa shape index (κ3) is 6.23. The molecule has 3 aromatic carbocycles. The number of benzene rings is 3. The molecule has 0 heterocycles. The third-order valence-electron chi connectivity index (χ3n) is 4.58. The zero-order chi connectivity index (χ0) is 21.4. The van der Waals surface area contributed by atoms with Gasteiger partial charge >= 0.3 is 0 Å². The van der Waals surface area contributed by atoms with Gasteiger partial charge in [-0.05, 0) is 48.2 Å². The first-order valence-corrected chi connectivity index (χ1v) is 11.1. The van der Waals surface area contributed by atoms with Gasteiger partial charge in [-0.3, -0.25) is 4.79 Å². The maximum Gasteiger partial charge on any atom is 0.241 e. The summed E-state index contributed by atoms with van der Waals surface area (Å²) in [4.78, 5) is 12.7. The lowest BCUT2D eigenvalue weighted by molar-refractivity contribution is -0.122. The lowest BCUT2D eigenvalue weighted by Gasteiger charge is -2.19. The lowest BCUT2D eigenvalue weighted by atomic mass is 10.1. The summed E-state index contributed by atoms with van der Waals surface area (Å²) in [5, 5.41) is 2.81. The molecule has 2 N–H and O–H groups in total. The molecule has 0 aromatic heterocycles. The van der Waals surface area contributed by atoms with E-state index in [1.165, 1.54) is 12.1 Å². The molecule has 0 fully saturated rings. The molecule has 0 spiro atoms. The number of amides is 1. The molecule has 156 valence electrons. The summed E-state index contributed by atoms with van der Waals surface area (Å²) in [6, 6.07) is 22.3. The van der Waals surface area contributed by atoms with Crippen LogP contribution in [0.2, 0.25) is 0 Å². The highest BCUT2D eigenvalue weighted by molar-refractivity contribution is 7.89. The standard InChI is InChI=1S/C23H23FN2O3S/c24-20-11-13-21(14-12-20)30(28,29)26-22(17-19-9-5-2-6-10-19)23(27)25-16-15-18-7-3-1-4-8-18/h1-14,22,26H,15-17H2,(H,25,27)/t22-/m1/s1. The first-order chi connectivity index (χ1) is 14.4. The van der Waals surface area contributed by atoms with E-state index in [1.807, 2.05) is 60.7 Å². The Kier molecular flexibility index (Phi) is 7.32. The first kappa shape index (κ1) is 21.7. The molecule has 0 saturated heterocycles. The van der Waals surface area contributed by atoms with Gasteiger partial charge in [0.1, 0.15) is 11.9 Å². The van der Waals surface area contributed by atoms with Gasteiger partial charge in [0.2, 0.25) is 15.9 Å². The highest BCUT2D eigenvalue weighted by atomic mass is 32.2. The molecular formula is C23H23FN2O3S. The van der Waals surface area contributed by atoms with Gasteiger partial charge in [0, 0.05) is 6.54 Å². The monoisotopic (exact) mass is 426 g/mol. The van der Waals surface area contributed by atoms with Crippen LogP contribution in [0.4, 0.5) is 4.39 Å². The summed E-state index contributed by atoms with van der Waals surface area (Å²) in [5.74, 6) is -0.950. The van der Waals surface area contributed by atoms with Gasteiger partial charge in [0.05, 0.1) is 4.90 Å². The molecule has 3 aromatic rings. The number of carbonyl (C=O) groups excluding carboxylic acids is 1. The van der Waals surface area contributed by atoms with Crippen molar-refractivity contribution in [2.45, 2.75) is 23.8 Å². The van der Waals surface area contributed by atoms with Crippen molar-refractivity contribution < 1.29 is 17.6 Å². The van der Waals surface area contributed by atoms with Gasteiger partial charge in [0.25, 0.3) is 0 Å². The third-order valence-corrected chi connectivity index (χ3v) is 6.06. The number of nitrogens with one attached hydrogen (secondary N) is 2. The fourth-order valence-corrected chi connectivity index (χ4v) is 4.20. The van der Waals surface area contributed by atoms with Crippen molar-refractivity contribution in [3.8, 4) is 0 Å². The van der Waals surface area contributed by atoms with Gasteiger partial charge in [-0.2, -0.15) is 4.72 Å². The molecule has 0 radical (unpaired) electrons. The van der Waals surface area contributed by atoms with Crippen molar-refractivity contribution >= 4 is 15.9 Å². The van der Waals surface area contributed by atoms with E-state index >= 15 is 0 Å². The molecule has 30 heavy (non-hydrogen) atoms. The van der Waals surface area contributed by atoms with E-state index in [0.29, 0.717) is 13.0 Å². The zero-order valence-electron chi connectivity index (χ0n) is 16.3. The summed E-state index contributed by atoms with van der Waals surface area (Å²) in [5.41, 5.74) is 1.90. The molecule has 0 aliphatic carbocycles. The highest BCUT2D eigenvalue weighted by Gasteiger charge is 2.26. The van der Waals surface area contributed by atoms with Crippen molar-refractivity contribution in [2.24, 2.45) is 0 Å². The van der Waals surface area contributed by atoms with Crippen molar-refractivity contribution in [3.63, 3.8) is 0 Å². The fourth-order valence-electron chi connectivity index (χ4n) is 3.00. The summed E-state index contributed by atoms with van der Waals surface area (Å²) in [7, 11) is -4.00. The molecule has 0 saturated carbocycles. The predicted molar refractivity (Wildman–Crippen MR) is 114 cm³/mol. The predicted octanol–water partition coefficient (Wildman–Crippen LogP) is 3.07. The Balaban J connectivity index is 1.72. The van der Waals surface area contributed by atoms with E-state index in [1.54, 1.807) is 0 Å².